The van der Waals surface area contributed by atoms with Crippen LogP contribution >= 0.6 is 0 Å². The second-order valence-corrected chi connectivity index (χ2v) is 8.09. The van der Waals surface area contributed by atoms with Gasteiger partial charge in [0.1, 0.15) is 0 Å². The SMILES string of the molecule is Cc1cc(C)cc(N=Cc2c(C)c(C=Nc3cc(C)cc(C)c3)n3ccccc23)c1. The summed E-state index contributed by atoms with van der Waals surface area (Å²) < 4.78 is 2.18. The Balaban J connectivity index is 1.78. The normalized spacial score (nSPS) is 11.9. The number of aryl methyl sites for hydroxylation is 4. The van der Waals surface area contributed by atoms with Crippen molar-refractivity contribution in [3.05, 3.63) is 99.9 Å². The van der Waals surface area contributed by atoms with E-state index >= 15 is 0 Å². The van der Waals surface area contributed by atoms with E-state index in [9.17, 15) is 0 Å². The van der Waals surface area contributed by atoms with Gasteiger partial charge in [0.05, 0.1) is 28.8 Å². The van der Waals surface area contributed by atoms with Gasteiger partial charge < -0.3 is 4.40 Å². The molecule has 0 spiro atoms. The van der Waals surface area contributed by atoms with Crippen molar-refractivity contribution in [2.75, 3.05) is 0 Å². The number of aromatic nitrogens is 1. The van der Waals surface area contributed by atoms with Crippen LogP contribution in [0.15, 0.2) is 70.8 Å². The lowest BCUT2D eigenvalue weighted by Gasteiger charge is -2.01. The molecule has 3 heteroatoms. The topological polar surface area (TPSA) is 29.1 Å². The van der Waals surface area contributed by atoms with Gasteiger partial charge in [-0.3, -0.25) is 9.98 Å². The first-order chi connectivity index (χ1) is 14.4. The molecule has 2 aromatic heterocycles. The smallest absolute Gasteiger partial charge is 0.0675 e. The zero-order valence-electron chi connectivity index (χ0n) is 18.3. The van der Waals surface area contributed by atoms with Gasteiger partial charge >= 0.3 is 0 Å². The maximum atomic E-state index is 4.78. The van der Waals surface area contributed by atoms with Crippen LogP contribution in [0.3, 0.4) is 0 Å². The van der Waals surface area contributed by atoms with Crippen molar-refractivity contribution < 1.29 is 0 Å². The molecule has 0 fully saturated rings. The average Bonchev–Trinajstić information content (AvgIpc) is 2.94. The van der Waals surface area contributed by atoms with Crippen molar-refractivity contribution in [2.45, 2.75) is 34.6 Å². The highest BCUT2D eigenvalue weighted by molar-refractivity contribution is 5.98. The molecule has 4 aromatic rings. The molecule has 3 nitrogen and oxygen atoms in total. The summed E-state index contributed by atoms with van der Waals surface area (Å²) in [5.74, 6) is 0. The summed E-state index contributed by atoms with van der Waals surface area (Å²) in [7, 11) is 0. The number of aliphatic imine (C=N–C) groups is 2. The van der Waals surface area contributed by atoms with E-state index < -0.39 is 0 Å². The van der Waals surface area contributed by atoms with E-state index in [1.165, 1.54) is 27.8 Å². The first-order valence-corrected chi connectivity index (χ1v) is 10.2. The number of nitrogens with zero attached hydrogens (tertiary/aromatic N) is 3. The quantitative estimate of drug-likeness (QED) is 0.335. The van der Waals surface area contributed by atoms with Crippen LogP contribution in [-0.4, -0.2) is 16.8 Å². The Morgan fingerprint density at radius 3 is 1.77 bits per heavy atom. The van der Waals surface area contributed by atoms with E-state index in [1.807, 2.05) is 18.5 Å². The maximum absolute atomic E-state index is 4.78. The molecule has 2 aromatic carbocycles. The minimum Gasteiger partial charge on any atom is -0.315 e. The molecule has 0 N–H and O–H groups in total. The number of rotatable bonds is 4. The van der Waals surface area contributed by atoms with Crippen LogP contribution in [-0.2, 0) is 0 Å². The third-order valence-corrected chi connectivity index (χ3v) is 5.28. The van der Waals surface area contributed by atoms with Crippen molar-refractivity contribution in [3.63, 3.8) is 0 Å². The predicted octanol–water partition coefficient (Wildman–Crippen LogP) is 6.98. The number of pyridine rings is 1. The summed E-state index contributed by atoms with van der Waals surface area (Å²) in [5, 5.41) is 0. The zero-order valence-corrected chi connectivity index (χ0v) is 18.3. The van der Waals surface area contributed by atoms with Crippen LogP contribution in [0.25, 0.3) is 5.52 Å². The first kappa shape index (κ1) is 19.8. The highest BCUT2D eigenvalue weighted by Crippen LogP contribution is 2.24. The fourth-order valence-corrected chi connectivity index (χ4v) is 4.03. The van der Waals surface area contributed by atoms with Crippen molar-refractivity contribution >= 4 is 29.3 Å². The lowest BCUT2D eigenvalue weighted by molar-refractivity contribution is 1.17. The lowest BCUT2D eigenvalue weighted by atomic mass is 10.1. The molecule has 0 saturated heterocycles. The molecule has 0 radical (unpaired) electrons. The minimum atomic E-state index is 0.975. The number of hydrogen-bond acceptors (Lipinski definition) is 2. The standard InChI is InChI=1S/C27H27N3/c1-18-10-19(2)13-23(12-18)28-16-25-22(5)27(30-9-7-6-8-26(25)30)17-29-24-14-20(3)11-21(4)15-24/h6-17H,1-5H3. The van der Waals surface area contributed by atoms with E-state index in [1.54, 1.807) is 0 Å². The summed E-state index contributed by atoms with van der Waals surface area (Å²) >= 11 is 0. The number of benzene rings is 2. The van der Waals surface area contributed by atoms with Crippen molar-refractivity contribution in [1.29, 1.82) is 0 Å². The molecule has 150 valence electrons. The highest BCUT2D eigenvalue weighted by atomic mass is 14.9. The molecule has 4 rings (SSSR count). The van der Waals surface area contributed by atoms with E-state index in [0.717, 1.165) is 28.1 Å². The van der Waals surface area contributed by atoms with Gasteiger partial charge in [0.2, 0.25) is 0 Å². The molecule has 30 heavy (non-hydrogen) atoms. The van der Waals surface area contributed by atoms with Gasteiger partial charge in [0, 0.05) is 18.0 Å². The molecule has 0 aliphatic carbocycles. The van der Waals surface area contributed by atoms with E-state index in [0.29, 0.717) is 0 Å². The molecule has 2 heterocycles. The van der Waals surface area contributed by atoms with Gasteiger partial charge in [-0.15, -0.1) is 0 Å². The summed E-state index contributed by atoms with van der Waals surface area (Å²) in [5.41, 5.74) is 11.3. The number of fused-ring (bicyclic) bond motifs is 1. The number of hydrogen-bond donors (Lipinski definition) is 0. The lowest BCUT2D eigenvalue weighted by Crippen LogP contribution is -1.92. The van der Waals surface area contributed by atoms with Gasteiger partial charge in [0.25, 0.3) is 0 Å². The van der Waals surface area contributed by atoms with Crippen LogP contribution in [0, 0.1) is 34.6 Å². The third-order valence-electron chi connectivity index (χ3n) is 5.28. The third kappa shape index (κ3) is 4.11. The summed E-state index contributed by atoms with van der Waals surface area (Å²) in [6.45, 7) is 10.6. The molecular formula is C27H27N3. The zero-order chi connectivity index (χ0) is 21.3. The monoisotopic (exact) mass is 393 g/mol. The second kappa shape index (κ2) is 8.11. The molecule has 0 aliphatic heterocycles. The molecule has 0 atom stereocenters. The average molecular weight is 394 g/mol. The molecule has 0 bridgehead atoms. The summed E-state index contributed by atoms with van der Waals surface area (Å²) in [6, 6.07) is 19.0. The minimum absolute atomic E-state index is 0.975. The van der Waals surface area contributed by atoms with Gasteiger partial charge in [-0.1, -0.05) is 18.2 Å². The molecule has 0 aliphatic rings. The molecule has 0 amide bonds. The van der Waals surface area contributed by atoms with Gasteiger partial charge in [-0.05, 0) is 98.8 Å². The van der Waals surface area contributed by atoms with E-state index in [2.05, 4.69) is 93.7 Å². The van der Waals surface area contributed by atoms with Gasteiger partial charge in [-0.25, -0.2) is 0 Å². The van der Waals surface area contributed by atoms with E-state index in [4.69, 9.17) is 9.98 Å². The Morgan fingerprint density at radius 1 is 0.667 bits per heavy atom. The van der Waals surface area contributed by atoms with Crippen molar-refractivity contribution in [1.82, 2.24) is 4.40 Å². The second-order valence-electron chi connectivity index (χ2n) is 8.09. The van der Waals surface area contributed by atoms with Crippen LogP contribution in [0.1, 0.15) is 39.1 Å². The Labute approximate surface area is 178 Å². The van der Waals surface area contributed by atoms with Crippen LogP contribution in [0.5, 0.6) is 0 Å². The predicted molar refractivity (Wildman–Crippen MR) is 128 cm³/mol. The Morgan fingerprint density at radius 2 is 1.20 bits per heavy atom. The van der Waals surface area contributed by atoms with Crippen molar-refractivity contribution in [3.8, 4) is 0 Å². The summed E-state index contributed by atoms with van der Waals surface area (Å²) in [6.07, 6.45) is 6.02. The van der Waals surface area contributed by atoms with Crippen molar-refractivity contribution in [2.24, 2.45) is 9.98 Å². The van der Waals surface area contributed by atoms with Gasteiger partial charge in [-0.2, -0.15) is 0 Å². The molecule has 0 unspecified atom stereocenters. The molecular weight excluding hydrogens is 366 g/mol. The Kier molecular flexibility index (Phi) is 5.37. The first-order valence-electron chi connectivity index (χ1n) is 10.2. The Hall–Kier alpha value is -3.46. The summed E-state index contributed by atoms with van der Waals surface area (Å²) in [4.78, 5) is 9.55. The fraction of sp³-hybridized carbons (Fsp3) is 0.185. The van der Waals surface area contributed by atoms with Crippen LogP contribution in [0.2, 0.25) is 0 Å². The molecule has 0 saturated carbocycles. The van der Waals surface area contributed by atoms with E-state index in [-0.39, 0.29) is 0 Å². The Bertz CT molecular complexity index is 1150. The van der Waals surface area contributed by atoms with Crippen LogP contribution < -0.4 is 0 Å². The van der Waals surface area contributed by atoms with Gasteiger partial charge in [0.15, 0.2) is 0 Å². The maximum Gasteiger partial charge on any atom is 0.0675 e. The largest absolute Gasteiger partial charge is 0.315 e. The van der Waals surface area contributed by atoms with Crippen LogP contribution in [0.4, 0.5) is 11.4 Å². The highest BCUT2D eigenvalue weighted by Gasteiger charge is 2.12. The fourth-order valence-electron chi connectivity index (χ4n) is 4.03.